The van der Waals surface area contributed by atoms with Gasteiger partial charge in [0.25, 0.3) is 5.89 Å². The van der Waals surface area contributed by atoms with Crippen molar-refractivity contribution >= 4 is 34.2 Å². The molecule has 19 heavy (non-hydrogen) atoms. The summed E-state index contributed by atoms with van der Waals surface area (Å²) in [5, 5.41) is 4.54. The van der Waals surface area contributed by atoms with E-state index in [1.54, 1.807) is 20.1 Å². The predicted molar refractivity (Wildman–Crippen MR) is 80.9 cm³/mol. The standard InChI is InChI=1S/C12H13ClIN3O2/c1-12(15,6-18-2)11-16-10(19-17-11)7-3-4-9(14)8(13)5-7/h3-5H,6,15H2,1-2H3. The molecule has 0 aliphatic rings. The highest BCUT2D eigenvalue weighted by Gasteiger charge is 2.27. The Morgan fingerprint density at radius 1 is 1.53 bits per heavy atom. The van der Waals surface area contributed by atoms with Crippen molar-refractivity contribution in [1.29, 1.82) is 0 Å². The second kappa shape index (κ2) is 5.74. The zero-order valence-electron chi connectivity index (χ0n) is 10.5. The van der Waals surface area contributed by atoms with Crippen molar-refractivity contribution in [3.05, 3.63) is 32.6 Å². The minimum Gasteiger partial charge on any atom is -0.382 e. The Labute approximate surface area is 129 Å². The first-order chi connectivity index (χ1) is 8.94. The van der Waals surface area contributed by atoms with Gasteiger partial charge in [0.05, 0.1) is 11.6 Å². The Balaban J connectivity index is 2.33. The summed E-state index contributed by atoms with van der Waals surface area (Å²) in [7, 11) is 1.57. The third-order valence-corrected chi connectivity index (χ3v) is 4.12. The van der Waals surface area contributed by atoms with Crippen LogP contribution in [0.4, 0.5) is 0 Å². The predicted octanol–water partition coefficient (Wildman–Crippen LogP) is 2.81. The van der Waals surface area contributed by atoms with Gasteiger partial charge in [-0.15, -0.1) is 0 Å². The van der Waals surface area contributed by atoms with Crippen molar-refractivity contribution in [2.45, 2.75) is 12.5 Å². The monoisotopic (exact) mass is 393 g/mol. The fourth-order valence-electron chi connectivity index (χ4n) is 1.57. The van der Waals surface area contributed by atoms with Crippen molar-refractivity contribution in [3.8, 4) is 11.5 Å². The molecular weight excluding hydrogens is 381 g/mol. The largest absolute Gasteiger partial charge is 0.382 e. The third kappa shape index (κ3) is 3.25. The number of hydrogen-bond donors (Lipinski definition) is 1. The topological polar surface area (TPSA) is 74.2 Å². The van der Waals surface area contributed by atoms with Crippen LogP contribution in [0, 0.1) is 3.57 Å². The van der Waals surface area contributed by atoms with E-state index in [-0.39, 0.29) is 0 Å². The first-order valence-corrected chi connectivity index (χ1v) is 6.97. The molecule has 1 unspecified atom stereocenters. The molecule has 0 amide bonds. The lowest BCUT2D eigenvalue weighted by molar-refractivity contribution is 0.135. The van der Waals surface area contributed by atoms with Crippen LogP contribution in [0.5, 0.6) is 0 Å². The summed E-state index contributed by atoms with van der Waals surface area (Å²) in [5.41, 5.74) is 6.03. The minimum atomic E-state index is -0.788. The van der Waals surface area contributed by atoms with Gasteiger partial charge in [0.15, 0.2) is 5.82 Å². The molecule has 1 heterocycles. The number of aromatic nitrogens is 2. The average molecular weight is 394 g/mol. The van der Waals surface area contributed by atoms with E-state index in [0.717, 1.165) is 9.13 Å². The zero-order valence-corrected chi connectivity index (χ0v) is 13.4. The molecule has 2 aromatic rings. The van der Waals surface area contributed by atoms with Crippen LogP contribution in [0.3, 0.4) is 0 Å². The first-order valence-electron chi connectivity index (χ1n) is 5.51. The molecule has 5 nitrogen and oxygen atoms in total. The van der Waals surface area contributed by atoms with E-state index >= 15 is 0 Å². The normalized spacial score (nSPS) is 14.4. The van der Waals surface area contributed by atoms with E-state index in [4.69, 9.17) is 26.6 Å². The van der Waals surface area contributed by atoms with E-state index < -0.39 is 5.54 Å². The second-order valence-corrected chi connectivity index (χ2v) is 5.97. The van der Waals surface area contributed by atoms with Gasteiger partial charge in [0.1, 0.15) is 5.54 Å². The van der Waals surface area contributed by atoms with Crippen LogP contribution in [0.15, 0.2) is 22.7 Å². The van der Waals surface area contributed by atoms with Gasteiger partial charge in [-0.05, 0) is 47.7 Å². The summed E-state index contributed by atoms with van der Waals surface area (Å²) in [4.78, 5) is 4.30. The summed E-state index contributed by atoms with van der Waals surface area (Å²) in [5.74, 6) is 0.792. The molecule has 102 valence electrons. The van der Waals surface area contributed by atoms with E-state index in [2.05, 4.69) is 32.7 Å². The molecule has 0 bridgehead atoms. The Morgan fingerprint density at radius 3 is 2.89 bits per heavy atom. The lowest BCUT2D eigenvalue weighted by Gasteiger charge is -2.18. The van der Waals surface area contributed by atoms with Gasteiger partial charge in [-0.3, -0.25) is 0 Å². The van der Waals surface area contributed by atoms with Crippen LogP contribution in [0.25, 0.3) is 11.5 Å². The highest BCUT2D eigenvalue weighted by molar-refractivity contribution is 14.1. The smallest absolute Gasteiger partial charge is 0.258 e. The number of nitrogens with two attached hydrogens (primary N) is 1. The van der Waals surface area contributed by atoms with Crippen LogP contribution in [0.1, 0.15) is 12.7 Å². The molecule has 1 aromatic heterocycles. The van der Waals surface area contributed by atoms with Crippen molar-refractivity contribution in [3.63, 3.8) is 0 Å². The average Bonchev–Trinajstić information content (AvgIpc) is 2.83. The van der Waals surface area contributed by atoms with Gasteiger partial charge in [-0.2, -0.15) is 4.98 Å². The van der Waals surface area contributed by atoms with Gasteiger partial charge in [-0.25, -0.2) is 0 Å². The number of methoxy groups -OCH3 is 1. The van der Waals surface area contributed by atoms with E-state index in [1.807, 2.05) is 12.1 Å². The molecule has 7 heteroatoms. The SMILES string of the molecule is COCC(C)(N)c1noc(-c2ccc(I)c(Cl)c2)n1. The van der Waals surface area contributed by atoms with Crippen LogP contribution >= 0.6 is 34.2 Å². The minimum absolute atomic E-state index is 0.305. The molecule has 2 N–H and O–H groups in total. The maximum absolute atomic E-state index is 6.07. The number of benzene rings is 1. The van der Waals surface area contributed by atoms with Gasteiger partial charge in [0.2, 0.25) is 0 Å². The molecule has 1 atom stereocenters. The zero-order chi connectivity index (χ0) is 14.0. The quantitative estimate of drug-likeness (QED) is 0.809. The molecule has 0 saturated heterocycles. The fraction of sp³-hybridized carbons (Fsp3) is 0.333. The molecule has 0 spiro atoms. The maximum atomic E-state index is 6.07. The summed E-state index contributed by atoms with van der Waals surface area (Å²) in [6.07, 6.45) is 0. The van der Waals surface area contributed by atoms with Crippen molar-refractivity contribution < 1.29 is 9.26 Å². The molecule has 2 rings (SSSR count). The van der Waals surface area contributed by atoms with Gasteiger partial charge in [0, 0.05) is 16.2 Å². The Bertz CT molecular complexity index is 586. The molecule has 0 aliphatic heterocycles. The Kier molecular flexibility index (Phi) is 4.44. The Hall–Kier alpha value is -0.700. The number of halogens is 2. The lowest BCUT2D eigenvalue weighted by atomic mass is 10.1. The summed E-state index contributed by atoms with van der Waals surface area (Å²) in [6, 6.07) is 5.54. The summed E-state index contributed by atoms with van der Waals surface area (Å²) < 4.78 is 11.2. The van der Waals surface area contributed by atoms with Gasteiger partial charge in [-0.1, -0.05) is 16.8 Å². The molecule has 0 fully saturated rings. The summed E-state index contributed by atoms with van der Waals surface area (Å²) in [6.45, 7) is 2.09. The maximum Gasteiger partial charge on any atom is 0.258 e. The Morgan fingerprint density at radius 2 is 2.26 bits per heavy atom. The van der Waals surface area contributed by atoms with Crippen LogP contribution < -0.4 is 5.73 Å². The van der Waals surface area contributed by atoms with Crippen LogP contribution in [-0.2, 0) is 10.3 Å². The summed E-state index contributed by atoms with van der Waals surface area (Å²) >= 11 is 8.22. The number of hydrogen-bond acceptors (Lipinski definition) is 5. The molecule has 0 radical (unpaired) electrons. The fourth-order valence-corrected chi connectivity index (χ4v) is 2.08. The number of rotatable bonds is 4. The molecule has 1 aromatic carbocycles. The van der Waals surface area contributed by atoms with E-state index in [9.17, 15) is 0 Å². The third-order valence-electron chi connectivity index (χ3n) is 2.55. The number of ether oxygens (including phenoxy) is 1. The van der Waals surface area contributed by atoms with Gasteiger partial charge >= 0.3 is 0 Å². The lowest BCUT2D eigenvalue weighted by Crippen LogP contribution is -2.38. The van der Waals surface area contributed by atoms with Crippen molar-refractivity contribution in [2.24, 2.45) is 5.73 Å². The number of nitrogens with zero attached hydrogens (tertiary/aromatic N) is 2. The molecule has 0 aliphatic carbocycles. The highest BCUT2D eigenvalue weighted by Crippen LogP contribution is 2.26. The van der Waals surface area contributed by atoms with Gasteiger partial charge < -0.3 is 15.0 Å². The van der Waals surface area contributed by atoms with Crippen molar-refractivity contribution in [1.82, 2.24) is 10.1 Å². The van der Waals surface area contributed by atoms with Crippen molar-refractivity contribution in [2.75, 3.05) is 13.7 Å². The van der Waals surface area contributed by atoms with Crippen LogP contribution in [-0.4, -0.2) is 23.9 Å². The highest BCUT2D eigenvalue weighted by atomic mass is 127. The second-order valence-electron chi connectivity index (χ2n) is 4.40. The molecule has 0 saturated carbocycles. The first kappa shape index (κ1) is 14.7. The van der Waals surface area contributed by atoms with E-state index in [1.165, 1.54) is 0 Å². The van der Waals surface area contributed by atoms with E-state index in [0.29, 0.717) is 23.3 Å². The van der Waals surface area contributed by atoms with Crippen LogP contribution in [0.2, 0.25) is 5.02 Å². The molecular formula is C12H13ClIN3O2.